The molecule has 2 rings (SSSR count). The number of thioether (sulfide) groups is 1. The standard InChI is InChI=1S/C15H16FN3O5S2/c16-11-4-3-10(19(22)23)7-12(11)17-13(20)8-24-14(21)9-26-15(25)18-5-1-2-6-18/h3-4,7H,1-2,5-6,8-9H2,(H,17,20). The Morgan fingerprint density at radius 3 is 2.73 bits per heavy atom. The van der Waals surface area contributed by atoms with Gasteiger partial charge in [0.2, 0.25) is 0 Å². The maximum absolute atomic E-state index is 13.6. The van der Waals surface area contributed by atoms with Crippen LogP contribution in [0.4, 0.5) is 15.8 Å². The Morgan fingerprint density at radius 2 is 2.08 bits per heavy atom. The number of hydrogen-bond acceptors (Lipinski definition) is 7. The lowest BCUT2D eigenvalue weighted by atomic mass is 10.2. The SMILES string of the molecule is O=C(COC(=O)CSC(=S)N1CCCC1)Nc1cc([N+](=O)[O-])ccc1F. The summed E-state index contributed by atoms with van der Waals surface area (Å²) < 4.78 is 19.0. The second-order valence-corrected chi connectivity index (χ2v) is 6.99. The third kappa shape index (κ3) is 5.92. The molecule has 11 heteroatoms. The normalized spacial score (nSPS) is 13.3. The van der Waals surface area contributed by atoms with Crippen LogP contribution in [0.25, 0.3) is 0 Å². The Kier molecular flexibility index (Phi) is 7.27. The Labute approximate surface area is 158 Å². The van der Waals surface area contributed by atoms with E-state index in [1.807, 2.05) is 4.90 Å². The summed E-state index contributed by atoms with van der Waals surface area (Å²) in [5, 5.41) is 12.8. The average molecular weight is 401 g/mol. The molecule has 0 aromatic heterocycles. The number of thiocarbonyl (C=S) groups is 1. The lowest BCUT2D eigenvalue weighted by molar-refractivity contribution is -0.384. The minimum atomic E-state index is -0.832. The van der Waals surface area contributed by atoms with E-state index in [-0.39, 0.29) is 17.1 Å². The van der Waals surface area contributed by atoms with E-state index in [0.29, 0.717) is 4.32 Å². The van der Waals surface area contributed by atoms with Crippen LogP contribution < -0.4 is 5.32 Å². The molecule has 1 fully saturated rings. The number of non-ortho nitro benzene ring substituents is 1. The van der Waals surface area contributed by atoms with E-state index >= 15 is 0 Å². The molecule has 1 saturated heterocycles. The Bertz CT molecular complexity index is 725. The number of nitro groups is 1. The van der Waals surface area contributed by atoms with Gasteiger partial charge in [0, 0.05) is 25.2 Å². The van der Waals surface area contributed by atoms with Gasteiger partial charge in [0.15, 0.2) is 6.61 Å². The van der Waals surface area contributed by atoms with Crippen molar-refractivity contribution in [2.75, 3.05) is 30.8 Å². The second-order valence-electron chi connectivity index (χ2n) is 5.38. The molecule has 0 atom stereocenters. The van der Waals surface area contributed by atoms with Crippen molar-refractivity contribution in [1.82, 2.24) is 4.90 Å². The highest BCUT2D eigenvalue weighted by molar-refractivity contribution is 8.23. The average Bonchev–Trinajstić information content (AvgIpc) is 3.14. The van der Waals surface area contributed by atoms with E-state index in [1.165, 1.54) is 0 Å². The molecule has 1 N–H and O–H groups in total. The maximum atomic E-state index is 13.6. The van der Waals surface area contributed by atoms with Crippen molar-refractivity contribution < 1.29 is 23.6 Å². The molecule has 1 heterocycles. The van der Waals surface area contributed by atoms with E-state index in [9.17, 15) is 24.1 Å². The molecule has 0 saturated carbocycles. The molecule has 0 radical (unpaired) electrons. The quantitative estimate of drug-likeness (QED) is 0.335. The van der Waals surface area contributed by atoms with E-state index in [2.05, 4.69) is 5.32 Å². The van der Waals surface area contributed by atoms with Crippen molar-refractivity contribution in [3.63, 3.8) is 0 Å². The molecule has 1 aliphatic heterocycles. The Morgan fingerprint density at radius 1 is 1.38 bits per heavy atom. The molecule has 140 valence electrons. The zero-order valence-corrected chi connectivity index (χ0v) is 15.2. The van der Waals surface area contributed by atoms with Crippen LogP contribution >= 0.6 is 24.0 Å². The van der Waals surface area contributed by atoms with Gasteiger partial charge in [-0.3, -0.25) is 19.7 Å². The predicted octanol–water partition coefficient (Wildman–Crippen LogP) is 2.33. The molecular weight excluding hydrogens is 385 g/mol. The van der Waals surface area contributed by atoms with Crippen molar-refractivity contribution in [2.45, 2.75) is 12.8 Å². The topological polar surface area (TPSA) is 102 Å². The molecular formula is C15H16FN3O5S2. The number of halogens is 1. The van der Waals surface area contributed by atoms with Gasteiger partial charge in [-0.15, -0.1) is 0 Å². The summed E-state index contributed by atoms with van der Waals surface area (Å²) in [6.45, 7) is 1.12. The van der Waals surface area contributed by atoms with Gasteiger partial charge in [0.05, 0.1) is 16.4 Å². The fourth-order valence-corrected chi connectivity index (χ4v) is 3.26. The number of amides is 1. The van der Waals surface area contributed by atoms with Gasteiger partial charge in [-0.1, -0.05) is 24.0 Å². The minimum Gasteiger partial charge on any atom is -0.455 e. The maximum Gasteiger partial charge on any atom is 0.316 e. The van der Waals surface area contributed by atoms with Crippen LogP contribution in [0.3, 0.4) is 0 Å². The number of hydrogen-bond donors (Lipinski definition) is 1. The number of nitrogens with zero attached hydrogens (tertiary/aromatic N) is 2. The van der Waals surface area contributed by atoms with Gasteiger partial charge in [0.25, 0.3) is 11.6 Å². The van der Waals surface area contributed by atoms with Crippen LogP contribution in [0.5, 0.6) is 0 Å². The smallest absolute Gasteiger partial charge is 0.316 e. The largest absolute Gasteiger partial charge is 0.455 e. The number of carbonyl (C=O) groups excluding carboxylic acids is 2. The lowest BCUT2D eigenvalue weighted by Gasteiger charge is -2.17. The fraction of sp³-hybridized carbons (Fsp3) is 0.400. The summed E-state index contributed by atoms with van der Waals surface area (Å²) in [5.41, 5.74) is -0.727. The van der Waals surface area contributed by atoms with Gasteiger partial charge in [-0.05, 0) is 18.9 Å². The first-order valence-corrected chi connectivity index (χ1v) is 9.07. The number of esters is 1. The third-order valence-corrected chi connectivity index (χ3v) is 4.97. The van der Waals surface area contributed by atoms with Crippen molar-refractivity contribution in [1.29, 1.82) is 0 Å². The molecule has 0 aliphatic carbocycles. The highest BCUT2D eigenvalue weighted by Gasteiger charge is 2.18. The van der Waals surface area contributed by atoms with E-state index in [0.717, 1.165) is 55.9 Å². The van der Waals surface area contributed by atoms with Crippen LogP contribution in [0.2, 0.25) is 0 Å². The first-order valence-electron chi connectivity index (χ1n) is 7.68. The van der Waals surface area contributed by atoms with Crippen LogP contribution in [-0.4, -0.2) is 51.5 Å². The number of anilines is 1. The van der Waals surface area contributed by atoms with Crippen LogP contribution in [0.1, 0.15) is 12.8 Å². The summed E-state index contributed by atoms with van der Waals surface area (Å²) in [6.07, 6.45) is 2.14. The number of rotatable bonds is 6. The fourth-order valence-electron chi connectivity index (χ4n) is 2.21. The van der Waals surface area contributed by atoms with Crippen LogP contribution in [0.15, 0.2) is 18.2 Å². The van der Waals surface area contributed by atoms with Crippen molar-refractivity contribution in [3.8, 4) is 0 Å². The van der Waals surface area contributed by atoms with Gasteiger partial charge >= 0.3 is 5.97 Å². The molecule has 1 amide bonds. The van der Waals surface area contributed by atoms with E-state index in [1.54, 1.807) is 0 Å². The Balaban J connectivity index is 1.76. The molecule has 26 heavy (non-hydrogen) atoms. The molecule has 0 bridgehead atoms. The van der Waals surface area contributed by atoms with Crippen LogP contribution in [0, 0.1) is 15.9 Å². The highest BCUT2D eigenvalue weighted by atomic mass is 32.2. The minimum absolute atomic E-state index is 0.0339. The van der Waals surface area contributed by atoms with Gasteiger partial charge in [0.1, 0.15) is 10.1 Å². The van der Waals surface area contributed by atoms with Crippen molar-refractivity contribution in [2.24, 2.45) is 0 Å². The summed E-state index contributed by atoms with van der Waals surface area (Å²) in [4.78, 5) is 35.4. The lowest BCUT2D eigenvalue weighted by Crippen LogP contribution is -2.25. The van der Waals surface area contributed by atoms with Gasteiger partial charge < -0.3 is 15.0 Å². The van der Waals surface area contributed by atoms with E-state index < -0.39 is 29.2 Å². The molecule has 0 spiro atoms. The number of nitro benzene ring substituents is 1. The molecule has 1 aliphatic rings. The van der Waals surface area contributed by atoms with Crippen molar-refractivity contribution in [3.05, 3.63) is 34.1 Å². The zero-order valence-electron chi connectivity index (χ0n) is 13.6. The third-order valence-electron chi connectivity index (χ3n) is 3.48. The summed E-state index contributed by atoms with van der Waals surface area (Å²) >= 11 is 6.37. The number of carbonyl (C=O) groups is 2. The summed E-state index contributed by atoms with van der Waals surface area (Å²) in [5.74, 6) is -2.30. The molecule has 1 aromatic carbocycles. The highest BCUT2D eigenvalue weighted by Crippen LogP contribution is 2.21. The first-order chi connectivity index (χ1) is 12.4. The van der Waals surface area contributed by atoms with Gasteiger partial charge in [-0.25, -0.2) is 4.39 Å². The molecule has 0 unspecified atom stereocenters. The second kappa shape index (κ2) is 9.43. The predicted molar refractivity (Wildman–Crippen MR) is 98.5 cm³/mol. The number of benzene rings is 1. The Hall–Kier alpha value is -2.27. The van der Waals surface area contributed by atoms with Crippen LogP contribution in [-0.2, 0) is 14.3 Å². The monoisotopic (exact) mass is 401 g/mol. The first kappa shape index (κ1) is 20.0. The van der Waals surface area contributed by atoms with Gasteiger partial charge in [-0.2, -0.15) is 0 Å². The molecule has 8 nitrogen and oxygen atoms in total. The molecule has 1 aromatic rings. The van der Waals surface area contributed by atoms with Crippen molar-refractivity contribution >= 4 is 51.6 Å². The summed E-state index contributed by atoms with van der Waals surface area (Å²) in [6, 6.07) is 2.74. The number of likely N-dealkylation sites (tertiary alicyclic amines) is 1. The van der Waals surface area contributed by atoms with E-state index in [4.69, 9.17) is 17.0 Å². The summed E-state index contributed by atoms with van der Waals surface area (Å²) in [7, 11) is 0. The zero-order chi connectivity index (χ0) is 19.1. The number of nitrogens with one attached hydrogen (secondary N) is 1. The number of ether oxygens (including phenoxy) is 1.